The first-order valence-corrected chi connectivity index (χ1v) is 7.05. The molecule has 112 valence electrons. The van der Waals surface area contributed by atoms with Crippen LogP contribution in [0.2, 0.25) is 0 Å². The predicted octanol–water partition coefficient (Wildman–Crippen LogP) is 1.77. The van der Waals surface area contributed by atoms with Gasteiger partial charge in [-0.1, -0.05) is 0 Å². The van der Waals surface area contributed by atoms with Crippen LogP contribution in [-0.4, -0.2) is 34.0 Å². The molecule has 0 fully saturated rings. The molecule has 0 aliphatic carbocycles. The number of hydrogen-bond acceptors (Lipinski definition) is 4. The number of nitrogens with zero attached hydrogens (tertiary/aromatic N) is 3. The second-order valence-corrected chi connectivity index (χ2v) is 5.21. The van der Waals surface area contributed by atoms with Gasteiger partial charge in [-0.05, 0) is 19.1 Å². The van der Waals surface area contributed by atoms with Gasteiger partial charge in [0.1, 0.15) is 11.6 Å². The van der Waals surface area contributed by atoms with Crippen LogP contribution in [-0.2, 0) is 29.1 Å². The van der Waals surface area contributed by atoms with Crippen molar-refractivity contribution in [2.45, 2.75) is 32.5 Å². The van der Waals surface area contributed by atoms with Crippen molar-refractivity contribution in [3.8, 4) is 0 Å². The number of carbonyl (C=O) groups is 1. The van der Waals surface area contributed by atoms with Crippen molar-refractivity contribution in [3.05, 3.63) is 41.9 Å². The van der Waals surface area contributed by atoms with Crippen molar-refractivity contribution >= 4 is 5.91 Å². The number of methoxy groups -OCH3 is 1. The zero-order chi connectivity index (χ0) is 14.8. The fraction of sp³-hybridized carbons (Fsp3) is 0.467. The van der Waals surface area contributed by atoms with E-state index in [-0.39, 0.29) is 11.9 Å². The van der Waals surface area contributed by atoms with Gasteiger partial charge in [0.2, 0.25) is 5.91 Å². The van der Waals surface area contributed by atoms with Gasteiger partial charge in [0.05, 0.1) is 37.2 Å². The van der Waals surface area contributed by atoms with Crippen LogP contribution in [0.15, 0.2) is 29.0 Å². The standard InChI is InChI=1S/C15H19N3O3/c1-11-15-16-9-12(10-20-2)18(15)6-5-17(11)14(19)8-13-4-3-7-21-13/h3-4,7,9,11H,5-6,8,10H2,1-2H3/t11-/m0/s1. The highest BCUT2D eigenvalue weighted by molar-refractivity contribution is 5.78. The molecule has 2 aromatic heterocycles. The largest absolute Gasteiger partial charge is 0.469 e. The van der Waals surface area contributed by atoms with E-state index in [1.165, 1.54) is 0 Å². The Bertz CT molecular complexity index is 618. The van der Waals surface area contributed by atoms with Crippen LogP contribution in [0.5, 0.6) is 0 Å². The molecular weight excluding hydrogens is 270 g/mol. The molecule has 3 heterocycles. The Morgan fingerprint density at radius 2 is 2.38 bits per heavy atom. The highest BCUT2D eigenvalue weighted by Gasteiger charge is 2.30. The van der Waals surface area contributed by atoms with Crippen LogP contribution in [0.25, 0.3) is 0 Å². The number of rotatable bonds is 4. The Kier molecular flexibility index (Phi) is 3.79. The van der Waals surface area contributed by atoms with Crippen molar-refractivity contribution in [3.63, 3.8) is 0 Å². The first-order chi connectivity index (χ1) is 10.2. The smallest absolute Gasteiger partial charge is 0.230 e. The lowest BCUT2D eigenvalue weighted by Gasteiger charge is -2.34. The van der Waals surface area contributed by atoms with E-state index in [0.717, 1.165) is 18.1 Å². The van der Waals surface area contributed by atoms with Crippen LogP contribution in [0, 0.1) is 0 Å². The Morgan fingerprint density at radius 1 is 1.52 bits per heavy atom. The van der Waals surface area contributed by atoms with Crippen LogP contribution >= 0.6 is 0 Å². The molecular formula is C15H19N3O3. The van der Waals surface area contributed by atoms with E-state index in [1.807, 2.05) is 24.1 Å². The van der Waals surface area contributed by atoms with Crippen molar-refractivity contribution in [2.75, 3.05) is 13.7 Å². The van der Waals surface area contributed by atoms with Crippen LogP contribution in [0.1, 0.15) is 30.2 Å². The molecule has 3 rings (SSSR count). The molecule has 0 saturated carbocycles. The number of amides is 1. The molecule has 0 spiro atoms. The van der Waals surface area contributed by atoms with Crippen molar-refractivity contribution in [1.82, 2.24) is 14.5 Å². The summed E-state index contributed by atoms with van der Waals surface area (Å²) < 4.78 is 12.6. The number of carbonyl (C=O) groups excluding carboxylic acids is 1. The summed E-state index contributed by atoms with van der Waals surface area (Å²) in [6.45, 7) is 3.98. The molecule has 1 atom stereocenters. The molecule has 0 aromatic carbocycles. The summed E-state index contributed by atoms with van der Waals surface area (Å²) >= 11 is 0. The number of imidazole rings is 1. The van der Waals surface area contributed by atoms with Gasteiger partial charge in [-0.2, -0.15) is 0 Å². The number of aromatic nitrogens is 2. The summed E-state index contributed by atoms with van der Waals surface area (Å²) in [5, 5.41) is 0. The van der Waals surface area contributed by atoms with Crippen LogP contribution in [0.3, 0.4) is 0 Å². The molecule has 1 amide bonds. The van der Waals surface area contributed by atoms with Gasteiger partial charge < -0.3 is 18.6 Å². The first kappa shape index (κ1) is 13.9. The average molecular weight is 289 g/mol. The molecule has 1 aliphatic rings. The Morgan fingerprint density at radius 3 is 3.10 bits per heavy atom. The Labute approximate surface area is 123 Å². The second-order valence-electron chi connectivity index (χ2n) is 5.21. The maximum Gasteiger partial charge on any atom is 0.230 e. The normalized spacial score (nSPS) is 17.8. The van der Waals surface area contributed by atoms with E-state index in [0.29, 0.717) is 25.3 Å². The summed E-state index contributed by atoms with van der Waals surface area (Å²) in [6.07, 6.45) is 3.71. The molecule has 6 nitrogen and oxygen atoms in total. The number of hydrogen-bond donors (Lipinski definition) is 0. The minimum Gasteiger partial charge on any atom is -0.469 e. The Balaban J connectivity index is 1.76. The average Bonchev–Trinajstić information content (AvgIpc) is 3.10. The lowest BCUT2D eigenvalue weighted by Crippen LogP contribution is -2.42. The maximum atomic E-state index is 12.4. The highest BCUT2D eigenvalue weighted by atomic mass is 16.5. The van der Waals surface area contributed by atoms with E-state index >= 15 is 0 Å². The lowest BCUT2D eigenvalue weighted by molar-refractivity contribution is -0.134. The van der Waals surface area contributed by atoms with E-state index in [4.69, 9.17) is 9.15 Å². The van der Waals surface area contributed by atoms with Crippen LogP contribution in [0.4, 0.5) is 0 Å². The van der Waals surface area contributed by atoms with Crippen LogP contribution < -0.4 is 0 Å². The van der Waals surface area contributed by atoms with E-state index < -0.39 is 0 Å². The molecule has 21 heavy (non-hydrogen) atoms. The van der Waals surface area contributed by atoms with Gasteiger partial charge in [-0.25, -0.2) is 4.98 Å². The molecule has 0 saturated heterocycles. The van der Waals surface area contributed by atoms with Crippen molar-refractivity contribution in [2.24, 2.45) is 0 Å². The molecule has 0 N–H and O–H groups in total. The van der Waals surface area contributed by atoms with Gasteiger partial charge in [0.25, 0.3) is 0 Å². The predicted molar refractivity (Wildman–Crippen MR) is 75.5 cm³/mol. The van der Waals surface area contributed by atoms with Gasteiger partial charge in [0, 0.05) is 20.2 Å². The molecule has 0 unspecified atom stereocenters. The SMILES string of the molecule is COCc1cnc2n1CCN(C(=O)Cc1ccco1)[C@H]2C. The van der Waals surface area contributed by atoms with Gasteiger partial charge >= 0.3 is 0 Å². The number of furan rings is 1. The maximum absolute atomic E-state index is 12.4. The summed E-state index contributed by atoms with van der Waals surface area (Å²) in [7, 11) is 1.67. The monoisotopic (exact) mass is 289 g/mol. The zero-order valence-electron chi connectivity index (χ0n) is 12.3. The third kappa shape index (κ3) is 2.58. The van der Waals surface area contributed by atoms with Gasteiger partial charge in [-0.15, -0.1) is 0 Å². The van der Waals surface area contributed by atoms with E-state index in [1.54, 1.807) is 19.4 Å². The fourth-order valence-corrected chi connectivity index (χ4v) is 2.83. The zero-order valence-corrected chi connectivity index (χ0v) is 12.3. The molecule has 0 radical (unpaired) electrons. The second kappa shape index (κ2) is 5.73. The van der Waals surface area contributed by atoms with E-state index in [9.17, 15) is 4.79 Å². The van der Waals surface area contributed by atoms with Crippen molar-refractivity contribution < 1.29 is 13.9 Å². The summed E-state index contributed by atoms with van der Waals surface area (Å²) in [5.74, 6) is 1.68. The highest BCUT2D eigenvalue weighted by Crippen LogP contribution is 2.26. The topological polar surface area (TPSA) is 60.5 Å². The minimum absolute atomic E-state index is 0.0354. The lowest BCUT2D eigenvalue weighted by atomic mass is 10.1. The molecule has 1 aliphatic heterocycles. The number of fused-ring (bicyclic) bond motifs is 1. The van der Waals surface area contributed by atoms with Gasteiger partial charge in [-0.3, -0.25) is 4.79 Å². The first-order valence-electron chi connectivity index (χ1n) is 7.05. The minimum atomic E-state index is -0.0354. The molecule has 0 bridgehead atoms. The quantitative estimate of drug-likeness (QED) is 0.860. The molecule has 2 aromatic rings. The fourth-order valence-electron chi connectivity index (χ4n) is 2.83. The summed E-state index contributed by atoms with van der Waals surface area (Å²) in [6, 6.07) is 3.59. The summed E-state index contributed by atoms with van der Waals surface area (Å²) in [5.41, 5.74) is 1.05. The van der Waals surface area contributed by atoms with E-state index in [2.05, 4.69) is 9.55 Å². The third-order valence-corrected chi connectivity index (χ3v) is 3.89. The van der Waals surface area contributed by atoms with Crippen molar-refractivity contribution in [1.29, 1.82) is 0 Å². The van der Waals surface area contributed by atoms with Gasteiger partial charge in [0.15, 0.2) is 0 Å². The molecule has 6 heteroatoms. The summed E-state index contributed by atoms with van der Waals surface area (Å²) in [4.78, 5) is 18.7. The Hall–Kier alpha value is -2.08. The number of ether oxygens (including phenoxy) is 1. The third-order valence-electron chi connectivity index (χ3n) is 3.89.